The average Bonchev–Trinajstić information content (AvgIpc) is 2.92. The number of anilines is 1. The van der Waals surface area contributed by atoms with Gasteiger partial charge in [0, 0.05) is 43.3 Å². The van der Waals surface area contributed by atoms with Crippen LogP contribution in [-0.2, 0) is 4.79 Å². The lowest BCUT2D eigenvalue weighted by atomic mass is 10.1. The van der Waals surface area contributed by atoms with Gasteiger partial charge >= 0.3 is 0 Å². The van der Waals surface area contributed by atoms with Crippen molar-refractivity contribution in [1.29, 1.82) is 0 Å². The molecule has 4 rings (SSSR count). The van der Waals surface area contributed by atoms with Crippen molar-refractivity contribution >= 4 is 17.6 Å². The van der Waals surface area contributed by atoms with Gasteiger partial charge in [-0.05, 0) is 44.0 Å². The van der Waals surface area contributed by atoms with Gasteiger partial charge in [0.05, 0.1) is 5.69 Å². The molecule has 3 aromatic rings. The standard InChI is InChI=1S/C28H33N5O2/c1-4-22(3)33(28(35)24-13-9-8-10-21(24)2)20-27(34)32-18-16-31(17-19-32)26-15-14-25(29-30-26)23-11-6-5-7-12-23/h5-15,22H,4,16-20H2,1-3H3. The molecule has 2 heterocycles. The number of hydrogen-bond acceptors (Lipinski definition) is 5. The van der Waals surface area contributed by atoms with Gasteiger partial charge in [0.2, 0.25) is 5.91 Å². The Bertz CT molecular complexity index is 1140. The Labute approximate surface area is 207 Å². The topological polar surface area (TPSA) is 69.6 Å². The lowest BCUT2D eigenvalue weighted by Crippen LogP contribution is -2.53. The van der Waals surface area contributed by atoms with Crippen LogP contribution in [0, 0.1) is 6.92 Å². The van der Waals surface area contributed by atoms with Gasteiger partial charge in [-0.2, -0.15) is 0 Å². The molecule has 1 aliphatic heterocycles. The average molecular weight is 472 g/mol. The second-order valence-electron chi connectivity index (χ2n) is 9.02. The Hall–Kier alpha value is -3.74. The largest absolute Gasteiger partial charge is 0.352 e. The maximum Gasteiger partial charge on any atom is 0.254 e. The molecule has 35 heavy (non-hydrogen) atoms. The Morgan fingerprint density at radius 3 is 2.23 bits per heavy atom. The van der Waals surface area contributed by atoms with Crippen LogP contribution in [0.25, 0.3) is 11.3 Å². The smallest absolute Gasteiger partial charge is 0.254 e. The van der Waals surface area contributed by atoms with Gasteiger partial charge < -0.3 is 14.7 Å². The molecule has 1 fully saturated rings. The van der Waals surface area contributed by atoms with Crippen molar-refractivity contribution in [3.8, 4) is 11.3 Å². The highest BCUT2D eigenvalue weighted by atomic mass is 16.2. The molecule has 182 valence electrons. The molecule has 1 aliphatic rings. The van der Waals surface area contributed by atoms with Gasteiger partial charge in [0.25, 0.3) is 5.91 Å². The van der Waals surface area contributed by atoms with E-state index in [1.54, 1.807) is 4.90 Å². The zero-order valence-corrected chi connectivity index (χ0v) is 20.7. The summed E-state index contributed by atoms with van der Waals surface area (Å²) >= 11 is 0. The van der Waals surface area contributed by atoms with Crippen LogP contribution in [0.3, 0.4) is 0 Å². The summed E-state index contributed by atoms with van der Waals surface area (Å²) in [6.45, 7) is 8.60. The minimum atomic E-state index is -0.0850. The number of nitrogens with zero attached hydrogens (tertiary/aromatic N) is 5. The van der Waals surface area contributed by atoms with E-state index >= 15 is 0 Å². The molecule has 7 nitrogen and oxygen atoms in total. The third kappa shape index (κ3) is 5.67. The maximum atomic E-state index is 13.3. The fraction of sp³-hybridized carbons (Fsp3) is 0.357. The number of piperazine rings is 1. The predicted octanol–water partition coefficient (Wildman–Crippen LogP) is 4.04. The summed E-state index contributed by atoms with van der Waals surface area (Å²) < 4.78 is 0. The SMILES string of the molecule is CCC(C)N(CC(=O)N1CCN(c2ccc(-c3ccccc3)nn2)CC1)C(=O)c1ccccc1C. The van der Waals surface area contributed by atoms with Crippen molar-refractivity contribution in [2.24, 2.45) is 0 Å². The third-order valence-electron chi connectivity index (χ3n) is 6.74. The van der Waals surface area contributed by atoms with Crippen LogP contribution in [0.15, 0.2) is 66.7 Å². The Kier molecular flexibility index (Phi) is 7.75. The third-order valence-corrected chi connectivity index (χ3v) is 6.74. The zero-order chi connectivity index (χ0) is 24.8. The van der Waals surface area contributed by atoms with Crippen LogP contribution in [-0.4, -0.2) is 70.6 Å². The first-order chi connectivity index (χ1) is 17.0. The van der Waals surface area contributed by atoms with Gasteiger partial charge in [0.15, 0.2) is 5.82 Å². The molecule has 7 heteroatoms. The Morgan fingerprint density at radius 1 is 0.914 bits per heavy atom. The highest BCUT2D eigenvalue weighted by Crippen LogP contribution is 2.20. The van der Waals surface area contributed by atoms with Crippen molar-refractivity contribution in [1.82, 2.24) is 20.0 Å². The van der Waals surface area contributed by atoms with Crippen molar-refractivity contribution in [2.75, 3.05) is 37.6 Å². The van der Waals surface area contributed by atoms with Gasteiger partial charge in [-0.25, -0.2) is 0 Å². The number of carbonyl (C=O) groups is 2. The number of amides is 2. The fourth-order valence-corrected chi connectivity index (χ4v) is 4.30. The molecule has 1 aromatic heterocycles. The zero-order valence-electron chi connectivity index (χ0n) is 20.7. The number of rotatable bonds is 7. The fourth-order valence-electron chi connectivity index (χ4n) is 4.30. The lowest BCUT2D eigenvalue weighted by Gasteiger charge is -2.37. The van der Waals surface area contributed by atoms with E-state index in [0.29, 0.717) is 31.7 Å². The van der Waals surface area contributed by atoms with Crippen molar-refractivity contribution in [3.05, 3.63) is 77.9 Å². The molecule has 0 spiro atoms. The highest BCUT2D eigenvalue weighted by Gasteiger charge is 2.28. The number of aryl methyl sites for hydroxylation is 1. The van der Waals surface area contributed by atoms with Crippen LogP contribution in [0.5, 0.6) is 0 Å². The molecule has 2 aromatic carbocycles. The second kappa shape index (κ2) is 11.1. The molecule has 0 radical (unpaired) electrons. The molecule has 0 N–H and O–H groups in total. The van der Waals surface area contributed by atoms with E-state index in [4.69, 9.17) is 0 Å². The highest BCUT2D eigenvalue weighted by molar-refractivity contribution is 5.98. The summed E-state index contributed by atoms with van der Waals surface area (Å²) in [4.78, 5) is 32.2. The van der Waals surface area contributed by atoms with Gasteiger partial charge in [-0.3, -0.25) is 9.59 Å². The normalized spacial score (nSPS) is 14.5. The van der Waals surface area contributed by atoms with E-state index in [1.807, 2.05) is 92.4 Å². The van der Waals surface area contributed by atoms with E-state index in [1.165, 1.54) is 0 Å². The number of benzene rings is 2. The summed E-state index contributed by atoms with van der Waals surface area (Å²) in [5.74, 6) is 0.711. The van der Waals surface area contributed by atoms with Gasteiger partial charge in [-0.15, -0.1) is 10.2 Å². The van der Waals surface area contributed by atoms with Gasteiger partial charge in [0.1, 0.15) is 6.54 Å². The van der Waals surface area contributed by atoms with E-state index in [0.717, 1.165) is 29.1 Å². The minimum absolute atomic E-state index is 0.0163. The van der Waals surface area contributed by atoms with Crippen LogP contribution in [0.4, 0.5) is 5.82 Å². The minimum Gasteiger partial charge on any atom is -0.352 e. The Balaban J connectivity index is 1.37. The quantitative estimate of drug-likeness (QED) is 0.520. The summed E-state index contributed by atoms with van der Waals surface area (Å²) in [7, 11) is 0. The van der Waals surface area contributed by atoms with E-state index in [9.17, 15) is 9.59 Å². The first-order valence-corrected chi connectivity index (χ1v) is 12.3. The summed E-state index contributed by atoms with van der Waals surface area (Å²) in [6, 6.07) is 21.5. The lowest BCUT2D eigenvalue weighted by molar-refractivity contribution is -0.132. The maximum absolute atomic E-state index is 13.3. The van der Waals surface area contributed by atoms with E-state index in [2.05, 4.69) is 15.1 Å². The summed E-state index contributed by atoms with van der Waals surface area (Å²) in [6.07, 6.45) is 0.788. The number of aromatic nitrogens is 2. The second-order valence-corrected chi connectivity index (χ2v) is 9.02. The first kappa shape index (κ1) is 24.4. The van der Waals surface area contributed by atoms with Crippen LogP contribution in [0.1, 0.15) is 36.2 Å². The molecule has 0 aliphatic carbocycles. The van der Waals surface area contributed by atoms with Gasteiger partial charge in [-0.1, -0.05) is 55.5 Å². The van der Waals surface area contributed by atoms with Crippen molar-refractivity contribution in [2.45, 2.75) is 33.2 Å². The summed E-state index contributed by atoms with van der Waals surface area (Å²) in [5.41, 5.74) is 3.45. The number of hydrogen-bond donors (Lipinski definition) is 0. The monoisotopic (exact) mass is 471 g/mol. The van der Waals surface area contributed by atoms with Crippen LogP contribution < -0.4 is 4.90 Å². The molecule has 0 bridgehead atoms. The molecule has 1 unspecified atom stereocenters. The predicted molar refractivity (Wildman–Crippen MR) is 138 cm³/mol. The van der Waals surface area contributed by atoms with E-state index < -0.39 is 0 Å². The molecule has 1 saturated heterocycles. The molecular weight excluding hydrogens is 438 g/mol. The molecular formula is C28H33N5O2. The van der Waals surface area contributed by atoms with E-state index in [-0.39, 0.29) is 24.4 Å². The van der Waals surface area contributed by atoms with Crippen molar-refractivity contribution < 1.29 is 9.59 Å². The van der Waals surface area contributed by atoms with Crippen LogP contribution >= 0.6 is 0 Å². The summed E-state index contributed by atoms with van der Waals surface area (Å²) in [5, 5.41) is 8.80. The molecule has 0 saturated carbocycles. The Morgan fingerprint density at radius 2 is 1.60 bits per heavy atom. The van der Waals surface area contributed by atoms with Crippen LogP contribution in [0.2, 0.25) is 0 Å². The molecule has 2 amide bonds. The molecule has 1 atom stereocenters. The van der Waals surface area contributed by atoms with Crippen molar-refractivity contribution in [3.63, 3.8) is 0 Å². The number of carbonyl (C=O) groups excluding carboxylic acids is 2. The first-order valence-electron chi connectivity index (χ1n) is 12.3.